The van der Waals surface area contributed by atoms with Crippen LogP contribution < -0.4 is 10.1 Å². The largest absolute Gasteiger partial charge is 0.497 e. The molecule has 21 heavy (non-hydrogen) atoms. The molecule has 0 radical (unpaired) electrons. The summed E-state index contributed by atoms with van der Waals surface area (Å²) in [7, 11) is 1.71. The monoisotopic (exact) mass is 290 g/mol. The van der Waals surface area contributed by atoms with Gasteiger partial charge in [0.15, 0.2) is 0 Å². The van der Waals surface area contributed by atoms with Crippen LogP contribution in [0.3, 0.4) is 0 Å². The van der Waals surface area contributed by atoms with Crippen LogP contribution in [-0.4, -0.2) is 43.2 Å². The maximum Gasteiger partial charge on any atom is 0.118 e. The van der Waals surface area contributed by atoms with Gasteiger partial charge in [-0.2, -0.15) is 0 Å². The van der Waals surface area contributed by atoms with E-state index in [2.05, 4.69) is 62.2 Å². The smallest absolute Gasteiger partial charge is 0.118 e. The first-order chi connectivity index (χ1) is 9.92. The molecule has 1 aromatic carbocycles. The van der Waals surface area contributed by atoms with Crippen LogP contribution in [0.4, 0.5) is 0 Å². The van der Waals surface area contributed by atoms with E-state index in [1.165, 1.54) is 5.56 Å². The maximum atomic E-state index is 5.22. The molecule has 0 saturated carbocycles. The lowest BCUT2D eigenvalue weighted by Gasteiger charge is -2.47. The number of methoxy groups -OCH3 is 1. The van der Waals surface area contributed by atoms with Gasteiger partial charge < -0.3 is 10.1 Å². The van der Waals surface area contributed by atoms with Crippen molar-refractivity contribution in [1.29, 1.82) is 0 Å². The fraction of sp³-hybridized carbons (Fsp3) is 0.667. The van der Waals surface area contributed by atoms with Gasteiger partial charge in [-0.1, -0.05) is 26.0 Å². The highest BCUT2D eigenvalue weighted by atomic mass is 16.5. The molecule has 1 unspecified atom stereocenters. The topological polar surface area (TPSA) is 24.5 Å². The summed E-state index contributed by atoms with van der Waals surface area (Å²) in [4.78, 5) is 2.64. The molecule has 1 fully saturated rings. The number of rotatable bonds is 5. The van der Waals surface area contributed by atoms with Crippen LogP contribution in [0.15, 0.2) is 24.3 Å². The van der Waals surface area contributed by atoms with Crippen LogP contribution in [0.25, 0.3) is 0 Å². The predicted octanol–water partition coefficient (Wildman–Crippen LogP) is 2.95. The molecule has 2 rings (SSSR count). The Hall–Kier alpha value is -1.06. The summed E-state index contributed by atoms with van der Waals surface area (Å²) in [6.45, 7) is 12.6. The van der Waals surface area contributed by atoms with Gasteiger partial charge in [-0.05, 0) is 43.9 Å². The van der Waals surface area contributed by atoms with Gasteiger partial charge in [-0.25, -0.2) is 0 Å². The Balaban J connectivity index is 1.95. The third kappa shape index (κ3) is 4.21. The first-order valence-electron chi connectivity index (χ1n) is 8.04. The van der Waals surface area contributed by atoms with E-state index in [0.29, 0.717) is 12.0 Å². The Morgan fingerprint density at radius 1 is 1.29 bits per heavy atom. The van der Waals surface area contributed by atoms with Crippen molar-refractivity contribution in [3.63, 3.8) is 0 Å². The molecule has 3 nitrogen and oxygen atoms in total. The Labute approximate surface area is 129 Å². The van der Waals surface area contributed by atoms with E-state index in [4.69, 9.17) is 4.74 Å². The lowest BCUT2D eigenvalue weighted by molar-refractivity contribution is 0.0558. The standard InChI is InChI=1S/C18H30N2O/c1-14(2)17-12-20(18(3,4)13-19-17)11-10-15-6-8-16(21-5)9-7-15/h6-9,14,17,19H,10-13H2,1-5H3. The Morgan fingerprint density at radius 2 is 1.95 bits per heavy atom. The molecule has 0 amide bonds. The van der Waals surface area contributed by atoms with E-state index < -0.39 is 0 Å². The molecule has 1 N–H and O–H groups in total. The van der Waals surface area contributed by atoms with E-state index in [1.54, 1.807) is 7.11 Å². The Kier molecular flexibility index (Phi) is 5.28. The van der Waals surface area contributed by atoms with Crippen molar-refractivity contribution in [3.05, 3.63) is 29.8 Å². The number of ether oxygens (including phenoxy) is 1. The van der Waals surface area contributed by atoms with Crippen LogP contribution in [0, 0.1) is 5.92 Å². The van der Waals surface area contributed by atoms with Crippen LogP contribution in [0.1, 0.15) is 33.3 Å². The average molecular weight is 290 g/mol. The first kappa shape index (κ1) is 16.3. The number of hydrogen-bond donors (Lipinski definition) is 1. The minimum atomic E-state index is 0.234. The maximum absolute atomic E-state index is 5.22. The fourth-order valence-corrected chi connectivity index (χ4v) is 2.94. The molecule has 0 bridgehead atoms. The quantitative estimate of drug-likeness (QED) is 0.902. The molecule has 1 atom stereocenters. The van der Waals surface area contributed by atoms with Crippen LogP contribution in [-0.2, 0) is 6.42 Å². The van der Waals surface area contributed by atoms with Crippen LogP contribution >= 0.6 is 0 Å². The van der Waals surface area contributed by atoms with Crippen molar-refractivity contribution in [2.75, 3.05) is 26.7 Å². The number of piperazine rings is 1. The molecule has 0 aromatic heterocycles. The zero-order chi connectivity index (χ0) is 15.5. The van der Waals surface area contributed by atoms with Crippen molar-refractivity contribution >= 4 is 0 Å². The van der Waals surface area contributed by atoms with Gasteiger partial charge >= 0.3 is 0 Å². The number of benzene rings is 1. The highest BCUT2D eigenvalue weighted by Gasteiger charge is 2.34. The molecule has 1 heterocycles. The molecular weight excluding hydrogens is 260 g/mol. The van der Waals surface area contributed by atoms with E-state index in [9.17, 15) is 0 Å². The highest BCUT2D eigenvalue weighted by molar-refractivity contribution is 5.27. The number of nitrogens with zero attached hydrogens (tertiary/aromatic N) is 1. The summed E-state index contributed by atoms with van der Waals surface area (Å²) >= 11 is 0. The lowest BCUT2D eigenvalue weighted by Crippen LogP contribution is -2.63. The van der Waals surface area contributed by atoms with Crippen molar-refractivity contribution < 1.29 is 4.74 Å². The van der Waals surface area contributed by atoms with E-state index in [-0.39, 0.29) is 5.54 Å². The third-order valence-electron chi connectivity index (χ3n) is 4.70. The molecule has 1 aliphatic rings. The van der Waals surface area contributed by atoms with Crippen LogP contribution in [0.5, 0.6) is 5.75 Å². The molecule has 118 valence electrons. The lowest BCUT2D eigenvalue weighted by atomic mass is 9.92. The zero-order valence-corrected chi connectivity index (χ0v) is 14.1. The van der Waals surface area contributed by atoms with E-state index in [1.807, 2.05) is 0 Å². The van der Waals surface area contributed by atoms with Gasteiger partial charge in [-0.15, -0.1) is 0 Å². The average Bonchev–Trinajstić information content (AvgIpc) is 2.46. The number of nitrogens with one attached hydrogen (secondary N) is 1. The normalized spacial score (nSPS) is 22.5. The van der Waals surface area contributed by atoms with Crippen molar-refractivity contribution in [2.45, 2.75) is 45.7 Å². The summed E-state index contributed by atoms with van der Waals surface area (Å²) in [5, 5.41) is 3.69. The summed E-state index contributed by atoms with van der Waals surface area (Å²) in [5.74, 6) is 1.62. The molecule has 1 aliphatic heterocycles. The predicted molar refractivity (Wildman–Crippen MR) is 89.0 cm³/mol. The minimum absolute atomic E-state index is 0.234. The van der Waals surface area contributed by atoms with E-state index >= 15 is 0 Å². The summed E-state index contributed by atoms with van der Waals surface area (Å²) in [5.41, 5.74) is 1.61. The van der Waals surface area contributed by atoms with Crippen molar-refractivity contribution in [3.8, 4) is 5.75 Å². The van der Waals surface area contributed by atoms with Gasteiger partial charge in [0.1, 0.15) is 5.75 Å². The van der Waals surface area contributed by atoms with Gasteiger partial charge in [0.05, 0.1) is 7.11 Å². The minimum Gasteiger partial charge on any atom is -0.497 e. The summed E-state index contributed by atoms with van der Waals surface area (Å²) in [6, 6.07) is 9.06. The van der Waals surface area contributed by atoms with Crippen LogP contribution in [0.2, 0.25) is 0 Å². The summed E-state index contributed by atoms with van der Waals surface area (Å²) < 4.78 is 5.22. The molecular formula is C18H30N2O. The fourth-order valence-electron chi connectivity index (χ4n) is 2.94. The second-order valence-electron chi connectivity index (χ2n) is 7.09. The van der Waals surface area contributed by atoms with Gasteiger partial charge in [0, 0.05) is 31.2 Å². The van der Waals surface area contributed by atoms with E-state index in [0.717, 1.165) is 31.8 Å². The second kappa shape index (κ2) is 6.80. The first-order valence-corrected chi connectivity index (χ1v) is 8.04. The molecule has 3 heteroatoms. The SMILES string of the molecule is COc1ccc(CCN2CC(C(C)C)NCC2(C)C)cc1. The Morgan fingerprint density at radius 3 is 2.52 bits per heavy atom. The van der Waals surface area contributed by atoms with Crippen molar-refractivity contribution in [1.82, 2.24) is 10.2 Å². The number of hydrogen-bond acceptors (Lipinski definition) is 3. The molecule has 1 saturated heterocycles. The van der Waals surface area contributed by atoms with Gasteiger partial charge in [0.2, 0.25) is 0 Å². The molecule has 0 aliphatic carbocycles. The zero-order valence-electron chi connectivity index (χ0n) is 14.1. The highest BCUT2D eigenvalue weighted by Crippen LogP contribution is 2.22. The van der Waals surface area contributed by atoms with Crippen molar-refractivity contribution in [2.24, 2.45) is 5.92 Å². The molecule has 0 spiro atoms. The molecule has 1 aromatic rings. The Bertz CT molecular complexity index is 439. The van der Waals surface area contributed by atoms with Gasteiger partial charge in [-0.3, -0.25) is 4.90 Å². The second-order valence-corrected chi connectivity index (χ2v) is 7.09. The summed E-state index contributed by atoms with van der Waals surface area (Å²) in [6.07, 6.45) is 1.10. The van der Waals surface area contributed by atoms with Gasteiger partial charge in [0.25, 0.3) is 0 Å². The third-order valence-corrected chi connectivity index (χ3v) is 4.70.